The van der Waals surface area contributed by atoms with E-state index in [1.54, 1.807) is 6.92 Å². The predicted octanol–water partition coefficient (Wildman–Crippen LogP) is 1.94. The lowest BCUT2D eigenvalue weighted by Crippen LogP contribution is -2.39. The van der Waals surface area contributed by atoms with Gasteiger partial charge in [-0.2, -0.15) is 5.10 Å². The number of benzene rings is 1. The van der Waals surface area contributed by atoms with Crippen LogP contribution < -0.4 is 5.73 Å². The average Bonchev–Trinajstić information content (AvgIpc) is 2.76. The molecule has 1 aromatic carbocycles. The van der Waals surface area contributed by atoms with Crippen LogP contribution in [-0.2, 0) is 13.0 Å². The third kappa shape index (κ3) is 2.51. The van der Waals surface area contributed by atoms with Gasteiger partial charge in [-0.15, -0.1) is 0 Å². The van der Waals surface area contributed by atoms with Crippen molar-refractivity contribution in [3.63, 3.8) is 0 Å². The standard InChI is InChI=1S/C15H23N3O/c1-4-18-14-8-6-5-7-12(14)13(17-18)9-15(3,10-16)11(2)19/h5-8,11,19H,4,9-10,16H2,1-3H3. The Morgan fingerprint density at radius 3 is 2.68 bits per heavy atom. The van der Waals surface area contributed by atoms with Gasteiger partial charge in [0.05, 0.1) is 17.3 Å². The molecule has 2 aromatic rings. The largest absolute Gasteiger partial charge is 0.393 e. The highest BCUT2D eigenvalue weighted by Gasteiger charge is 2.30. The topological polar surface area (TPSA) is 64.1 Å². The summed E-state index contributed by atoms with van der Waals surface area (Å²) in [5.74, 6) is 0. The number of hydrogen-bond donors (Lipinski definition) is 2. The quantitative estimate of drug-likeness (QED) is 0.864. The first-order valence-electron chi connectivity index (χ1n) is 6.84. The number of aliphatic hydroxyl groups excluding tert-OH is 1. The van der Waals surface area contributed by atoms with Gasteiger partial charge in [-0.05, 0) is 19.9 Å². The molecule has 0 radical (unpaired) electrons. The van der Waals surface area contributed by atoms with Gasteiger partial charge in [-0.1, -0.05) is 25.1 Å². The molecule has 2 unspecified atom stereocenters. The van der Waals surface area contributed by atoms with E-state index in [4.69, 9.17) is 5.73 Å². The lowest BCUT2D eigenvalue weighted by Gasteiger charge is -2.30. The zero-order valence-corrected chi connectivity index (χ0v) is 11.9. The van der Waals surface area contributed by atoms with Gasteiger partial charge in [0.25, 0.3) is 0 Å². The average molecular weight is 261 g/mol. The molecule has 0 aliphatic heterocycles. The van der Waals surface area contributed by atoms with E-state index in [0.29, 0.717) is 13.0 Å². The van der Waals surface area contributed by atoms with Crippen molar-refractivity contribution < 1.29 is 5.11 Å². The Morgan fingerprint density at radius 1 is 1.42 bits per heavy atom. The van der Waals surface area contributed by atoms with Crippen molar-refractivity contribution in [3.05, 3.63) is 30.0 Å². The number of nitrogens with zero attached hydrogens (tertiary/aromatic N) is 2. The van der Waals surface area contributed by atoms with E-state index in [-0.39, 0.29) is 5.41 Å². The number of rotatable bonds is 5. The van der Waals surface area contributed by atoms with Crippen LogP contribution in [0, 0.1) is 5.41 Å². The molecule has 0 saturated carbocycles. The smallest absolute Gasteiger partial charge is 0.0710 e. The van der Waals surface area contributed by atoms with Crippen molar-refractivity contribution in [2.24, 2.45) is 11.1 Å². The number of fused-ring (bicyclic) bond motifs is 1. The molecular formula is C15H23N3O. The zero-order valence-electron chi connectivity index (χ0n) is 11.9. The van der Waals surface area contributed by atoms with Crippen LogP contribution in [0.25, 0.3) is 10.9 Å². The summed E-state index contributed by atoms with van der Waals surface area (Å²) in [4.78, 5) is 0. The molecule has 0 saturated heterocycles. The van der Waals surface area contributed by atoms with E-state index in [9.17, 15) is 5.11 Å². The first-order valence-corrected chi connectivity index (χ1v) is 6.84. The molecule has 0 amide bonds. The van der Waals surface area contributed by atoms with Crippen molar-refractivity contribution in [2.45, 2.75) is 39.8 Å². The van der Waals surface area contributed by atoms with E-state index in [2.05, 4.69) is 24.2 Å². The summed E-state index contributed by atoms with van der Waals surface area (Å²) < 4.78 is 2.00. The summed E-state index contributed by atoms with van der Waals surface area (Å²) in [7, 11) is 0. The molecule has 0 fully saturated rings. The molecule has 4 heteroatoms. The normalized spacial score (nSPS) is 16.5. The highest BCUT2D eigenvalue weighted by Crippen LogP contribution is 2.29. The van der Waals surface area contributed by atoms with Crippen LogP contribution in [-0.4, -0.2) is 27.5 Å². The van der Waals surface area contributed by atoms with Crippen LogP contribution in [0.4, 0.5) is 0 Å². The Bertz CT molecular complexity index is 562. The summed E-state index contributed by atoms with van der Waals surface area (Å²) in [5, 5.41) is 15.8. The zero-order chi connectivity index (χ0) is 14.0. The maximum absolute atomic E-state index is 9.95. The van der Waals surface area contributed by atoms with Gasteiger partial charge in [0.2, 0.25) is 0 Å². The van der Waals surface area contributed by atoms with Crippen LogP contribution >= 0.6 is 0 Å². The predicted molar refractivity (Wildman–Crippen MR) is 78.0 cm³/mol. The molecule has 3 N–H and O–H groups in total. The SMILES string of the molecule is CCn1nc(CC(C)(CN)C(C)O)c2ccccc21. The van der Waals surface area contributed by atoms with Gasteiger partial charge < -0.3 is 10.8 Å². The van der Waals surface area contributed by atoms with Crippen molar-refractivity contribution >= 4 is 10.9 Å². The lowest BCUT2D eigenvalue weighted by molar-refractivity contribution is 0.0583. The fourth-order valence-electron chi connectivity index (χ4n) is 2.34. The molecule has 2 rings (SSSR count). The van der Waals surface area contributed by atoms with Gasteiger partial charge >= 0.3 is 0 Å². The van der Waals surface area contributed by atoms with Gasteiger partial charge in [0, 0.05) is 30.3 Å². The van der Waals surface area contributed by atoms with Crippen molar-refractivity contribution in [3.8, 4) is 0 Å². The first kappa shape index (κ1) is 14.0. The fraction of sp³-hybridized carbons (Fsp3) is 0.533. The third-order valence-corrected chi connectivity index (χ3v) is 4.08. The van der Waals surface area contributed by atoms with Gasteiger partial charge in [0.15, 0.2) is 0 Å². The minimum absolute atomic E-state index is 0.338. The molecule has 1 heterocycles. The number of aliphatic hydroxyl groups is 1. The van der Waals surface area contributed by atoms with Crippen molar-refractivity contribution in [1.29, 1.82) is 0 Å². The van der Waals surface area contributed by atoms with E-state index in [0.717, 1.165) is 23.1 Å². The van der Waals surface area contributed by atoms with Crippen molar-refractivity contribution in [1.82, 2.24) is 9.78 Å². The minimum atomic E-state index is -0.456. The lowest BCUT2D eigenvalue weighted by atomic mass is 9.80. The van der Waals surface area contributed by atoms with Gasteiger partial charge in [0.1, 0.15) is 0 Å². The maximum Gasteiger partial charge on any atom is 0.0710 e. The van der Waals surface area contributed by atoms with Crippen LogP contribution in [0.2, 0.25) is 0 Å². The van der Waals surface area contributed by atoms with Gasteiger partial charge in [-0.3, -0.25) is 4.68 Å². The van der Waals surface area contributed by atoms with Gasteiger partial charge in [-0.25, -0.2) is 0 Å². The van der Waals surface area contributed by atoms with E-state index < -0.39 is 6.10 Å². The van der Waals surface area contributed by atoms with E-state index in [1.165, 1.54) is 0 Å². The number of para-hydroxylation sites is 1. The summed E-state index contributed by atoms with van der Waals surface area (Å²) in [6.45, 7) is 7.18. The number of aromatic nitrogens is 2. The molecule has 2 atom stereocenters. The van der Waals surface area contributed by atoms with Crippen LogP contribution in [0.15, 0.2) is 24.3 Å². The number of hydrogen-bond acceptors (Lipinski definition) is 3. The summed E-state index contributed by atoms with van der Waals surface area (Å²) >= 11 is 0. The molecule has 0 aliphatic carbocycles. The maximum atomic E-state index is 9.95. The molecule has 0 aliphatic rings. The minimum Gasteiger partial charge on any atom is -0.393 e. The van der Waals surface area contributed by atoms with Crippen LogP contribution in [0.5, 0.6) is 0 Å². The highest BCUT2D eigenvalue weighted by molar-refractivity contribution is 5.82. The Balaban J connectivity index is 2.46. The monoisotopic (exact) mass is 261 g/mol. The Morgan fingerprint density at radius 2 is 2.11 bits per heavy atom. The second kappa shape index (κ2) is 5.31. The van der Waals surface area contributed by atoms with Crippen molar-refractivity contribution in [2.75, 3.05) is 6.54 Å². The van der Waals surface area contributed by atoms with Crippen LogP contribution in [0.3, 0.4) is 0 Å². The second-order valence-electron chi connectivity index (χ2n) is 5.49. The Labute approximate surface area is 114 Å². The number of aryl methyl sites for hydroxylation is 1. The highest BCUT2D eigenvalue weighted by atomic mass is 16.3. The Kier molecular flexibility index (Phi) is 3.92. The molecule has 0 spiro atoms. The molecule has 104 valence electrons. The summed E-state index contributed by atoms with van der Waals surface area (Å²) in [5.41, 5.74) is 7.67. The fourth-order valence-corrected chi connectivity index (χ4v) is 2.34. The summed E-state index contributed by atoms with van der Waals surface area (Å²) in [6.07, 6.45) is 0.234. The second-order valence-corrected chi connectivity index (χ2v) is 5.49. The Hall–Kier alpha value is -1.39. The molecule has 19 heavy (non-hydrogen) atoms. The van der Waals surface area contributed by atoms with E-state index in [1.807, 2.05) is 23.7 Å². The summed E-state index contributed by atoms with van der Waals surface area (Å²) in [6, 6.07) is 8.22. The van der Waals surface area contributed by atoms with Crippen LogP contribution in [0.1, 0.15) is 26.5 Å². The third-order valence-electron chi connectivity index (χ3n) is 4.08. The molecule has 1 aromatic heterocycles. The van der Waals surface area contributed by atoms with E-state index >= 15 is 0 Å². The number of nitrogens with two attached hydrogens (primary N) is 1. The molecule has 4 nitrogen and oxygen atoms in total. The molecular weight excluding hydrogens is 238 g/mol. The first-order chi connectivity index (χ1) is 9.01. The molecule has 0 bridgehead atoms.